The molecule has 2 aromatic rings. The maximum absolute atomic E-state index is 13.3. The van der Waals surface area contributed by atoms with Crippen molar-refractivity contribution in [3.63, 3.8) is 0 Å². The van der Waals surface area contributed by atoms with Crippen LogP contribution in [0.25, 0.3) is 0 Å². The molecule has 0 atom stereocenters. The quantitative estimate of drug-likeness (QED) is 0.770. The zero-order chi connectivity index (χ0) is 19.8. The monoisotopic (exact) mass is 418 g/mol. The van der Waals surface area contributed by atoms with Gasteiger partial charge in [0, 0.05) is 37.8 Å². The summed E-state index contributed by atoms with van der Waals surface area (Å²) in [6, 6.07) is 5.62. The highest BCUT2D eigenvalue weighted by molar-refractivity contribution is 7.89. The molecular formula is C17H14ClF3N2O3S. The van der Waals surface area contributed by atoms with Gasteiger partial charge in [0.05, 0.1) is 9.92 Å². The van der Waals surface area contributed by atoms with E-state index in [1.165, 1.54) is 4.90 Å². The third-order valence-corrected chi connectivity index (χ3v) is 6.35. The first kappa shape index (κ1) is 19.7. The first-order valence-corrected chi connectivity index (χ1v) is 9.71. The lowest BCUT2D eigenvalue weighted by Crippen LogP contribution is -2.50. The Morgan fingerprint density at radius 2 is 1.52 bits per heavy atom. The van der Waals surface area contributed by atoms with Crippen LogP contribution in [0, 0.1) is 17.5 Å². The van der Waals surface area contributed by atoms with E-state index >= 15 is 0 Å². The maximum Gasteiger partial charge on any atom is 0.254 e. The molecule has 0 saturated carbocycles. The highest BCUT2D eigenvalue weighted by Crippen LogP contribution is 2.23. The average molecular weight is 419 g/mol. The van der Waals surface area contributed by atoms with Crippen molar-refractivity contribution in [2.75, 3.05) is 26.2 Å². The summed E-state index contributed by atoms with van der Waals surface area (Å²) < 4.78 is 66.2. The Morgan fingerprint density at radius 3 is 2.07 bits per heavy atom. The zero-order valence-electron chi connectivity index (χ0n) is 13.8. The summed E-state index contributed by atoms with van der Waals surface area (Å²) in [5.41, 5.74) is -0.144. The number of amides is 1. The molecule has 0 spiro atoms. The molecule has 1 amide bonds. The molecular weight excluding hydrogens is 405 g/mol. The van der Waals surface area contributed by atoms with E-state index in [1.807, 2.05) is 0 Å². The Balaban J connectivity index is 1.72. The lowest BCUT2D eigenvalue weighted by molar-refractivity contribution is 0.0697. The molecule has 1 heterocycles. The molecule has 0 radical (unpaired) electrons. The van der Waals surface area contributed by atoms with E-state index in [9.17, 15) is 26.4 Å². The molecule has 10 heteroatoms. The van der Waals surface area contributed by atoms with Crippen molar-refractivity contribution in [3.05, 3.63) is 64.4 Å². The molecule has 27 heavy (non-hydrogen) atoms. The van der Waals surface area contributed by atoms with Crippen LogP contribution in [-0.4, -0.2) is 49.7 Å². The number of hydrogen-bond donors (Lipinski definition) is 0. The first-order valence-electron chi connectivity index (χ1n) is 7.89. The molecule has 2 aromatic carbocycles. The Hall–Kier alpha value is -2.10. The first-order chi connectivity index (χ1) is 12.7. The normalized spacial score (nSPS) is 15.8. The van der Waals surface area contributed by atoms with Crippen molar-refractivity contribution in [1.29, 1.82) is 0 Å². The summed E-state index contributed by atoms with van der Waals surface area (Å²) in [6.45, 7) is 0.0674. The Morgan fingerprint density at radius 1 is 0.926 bits per heavy atom. The zero-order valence-corrected chi connectivity index (χ0v) is 15.4. The smallest absolute Gasteiger partial charge is 0.254 e. The summed E-state index contributed by atoms with van der Waals surface area (Å²) in [5, 5.41) is -0.307. The van der Waals surface area contributed by atoms with Crippen LogP contribution in [0.3, 0.4) is 0 Å². The summed E-state index contributed by atoms with van der Waals surface area (Å²) in [7, 11) is -3.90. The molecule has 0 N–H and O–H groups in total. The van der Waals surface area contributed by atoms with Gasteiger partial charge in [-0.05, 0) is 30.3 Å². The lowest BCUT2D eigenvalue weighted by atomic mass is 10.1. The van der Waals surface area contributed by atoms with E-state index in [-0.39, 0.29) is 41.7 Å². The molecule has 0 aromatic heterocycles. The number of rotatable bonds is 3. The van der Waals surface area contributed by atoms with Gasteiger partial charge < -0.3 is 4.90 Å². The third kappa shape index (κ3) is 4.10. The van der Waals surface area contributed by atoms with Gasteiger partial charge in [-0.1, -0.05) is 11.6 Å². The van der Waals surface area contributed by atoms with Crippen LogP contribution < -0.4 is 0 Å². The number of halogens is 4. The lowest BCUT2D eigenvalue weighted by Gasteiger charge is -2.34. The number of nitrogens with zero attached hydrogens (tertiary/aromatic N) is 2. The van der Waals surface area contributed by atoms with Crippen LogP contribution in [0.4, 0.5) is 13.2 Å². The van der Waals surface area contributed by atoms with Gasteiger partial charge in [-0.3, -0.25) is 4.79 Å². The predicted molar refractivity (Wildman–Crippen MR) is 92.4 cm³/mol. The third-order valence-electron chi connectivity index (χ3n) is 4.16. The number of sulfonamides is 1. The Kier molecular flexibility index (Phi) is 5.45. The highest BCUT2D eigenvalue weighted by Gasteiger charge is 2.31. The molecule has 144 valence electrons. The molecule has 5 nitrogen and oxygen atoms in total. The van der Waals surface area contributed by atoms with Gasteiger partial charge in [-0.25, -0.2) is 21.6 Å². The number of benzene rings is 2. The van der Waals surface area contributed by atoms with Gasteiger partial charge in [0.15, 0.2) is 0 Å². The van der Waals surface area contributed by atoms with Gasteiger partial charge >= 0.3 is 0 Å². The molecule has 1 saturated heterocycles. The second-order valence-corrected chi connectivity index (χ2v) is 8.28. The van der Waals surface area contributed by atoms with Crippen molar-refractivity contribution in [1.82, 2.24) is 9.21 Å². The van der Waals surface area contributed by atoms with Crippen molar-refractivity contribution in [2.24, 2.45) is 0 Å². The number of carbonyl (C=O) groups excluding carboxylic acids is 1. The number of carbonyl (C=O) groups is 1. The summed E-state index contributed by atoms with van der Waals surface area (Å²) in [5.74, 6) is -3.05. The topological polar surface area (TPSA) is 57.7 Å². The van der Waals surface area contributed by atoms with Crippen molar-refractivity contribution in [2.45, 2.75) is 4.90 Å². The van der Waals surface area contributed by atoms with Crippen LogP contribution in [0.1, 0.15) is 10.4 Å². The number of piperazine rings is 1. The summed E-state index contributed by atoms with van der Waals surface area (Å²) >= 11 is 5.64. The van der Waals surface area contributed by atoms with E-state index in [1.54, 1.807) is 0 Å². The average Bonchev–Trinajstić information content (AvgIpc) is 2.62. The standard InChI is InChI=1S/C17H14ClF3N2O3S/c18-15-10-14(1-2-16(15)21)27(25,26)23-5-3-22(4-6-23)17(24)11-7-12(19)9-13(20)8-11/h1-2,7-10H,3-6H2. The molecule has 1 aliphatic rings. The molecule has 0 bridgehead atoms. The van der Waals surface area contributed by atoms with E-state index in [0.29, 0.717) is 6.07 Å². The summed E-state index contributed by atoms with van der Waals surface area (Å²) in [4.78, 5) is 13.5. The molecule has 3 rings (SSSR count). The van der Waals surface area contributed by atoms with E-state index in [4.69, 9.17) is 11.6 Å². The minimum absolute atomic E-state index is 0.0130. The largest absolute Gasteiger partial charge is 0.336 e. The minimum Gasteiger partial charge on any atom is -0.336 e. The fraction of sp³-hybridized carbons (Fsp3) is 0.235. The van der Waals surface area contributed by atoms with E-state index < -0.39 is 33.4 Å². The van der Waals surface area contributed by atoms with Crippen LogP contribution >= 0.6 is 11.6 Å². The van der Waals surface area contributed by atoms with Crippen molar-refractivity contribution < 1.29 is 26.4 Å². The SMILES string of the molecule is O=C(c1cc(F)cc(F)c1)N1CCN(S(=O)(=O)c2ccc(F)c(Cl)c2)CC1. The van der Waals surface area contributed by atoms with Crippen LogP contribution in [0.15, 0.2) is 41.3 Å². The fourth-order valence-electron chi connectivity index (χ4n) is 2.78. The Labute approximate surface area is 159 Å². The summed E-state index contributed by atoms with van der Waals surface area (Å²) in [6.07, 6.45) is 0. The maximum atomic E-state index is 13.3. The van der Waals surface area contributed by atoms with Crippen LogP contribution in [0.2, 0.25) is 5.02 Å². The predicted octanol–water partition coefficient (Wildman–Crippen LogP) is 2.90. The van der Waals surface area contributed by atoms with E-state index in [0.717, 1.165) is 34.6 Å². The van der Waals surface area contributed by atoms with Gasteiger partial charge in [-0.2, -0.15) is 4.31 Å². The number of hydrogen-bond acceptors (Lipinski definition) is 3. The second kappa shape index (κ2) is 7.49. The van der Waals surface area contributed by atoms with Gasteiger partial charge in [-0.15, -0.1) is 0 Å². The van der Waals surface area contributed by atoms with Crippen LogP contribution in [-0.2, 0) is 10.0 Å². The van der Waals surface area contributed by atoms with Crippen molar-refractivity contribution in [3.8, 4) is 0 Å². The highest BCUT2D eigenvalue weighted by atomic mass is 35.5. The molecule has 0 unspecified atom stereocenters. The van der Waals surface area contributed by atoms with Crippen LogP contribution in [0.5, 0.6) is 0 Å². The van der Waals surface area contributed by atoms with Gasteiger partial charge in [0.25, 0.3) is 5.91 Å². The van der Waals surface area contributed by atoms with E-state index in [2.05, 4.69) is 0 Å². The van der Waals surface area contributed by atoms with Gasteiger partial charge in [0.2, 0.25) is 10.0 Å². The fourth-order valence-corrected chi connectivity index (χ4v) is 4.47. The van der Waals surface area contributed by atoms with Gasteiger partial charge in [0.1, 0.15) is 17.5 Å². The van der Waals surface area contributed by atoms with Crippen molar-refractivity contribution >= 4 is 27.5 Å². The minimum atomic E-state index is -3.90. The molecule has 1 aliphatic heterocycles. The molecule has 1 fully saturated rings. The second-order valence-electron chi connectivity index (χ2n) is 5.93. The molecule has 0 aliphatic carbocycles. The Bertz CT molecular complexity index is 973.